The molecule has 0 atom stereocenters. The molecule has 0 radical (unpaired) electrons. The Morgan fingerprint density at radius 3 is 2.57 bits per heavy atom. The fraction of sp³-hybridized carbons (Fsp3) is 0.400. The molecule has 1 rings (SSSR count). The number of hydrogen-bond acceptors (Lipinski definition) is 4. The summed E-state index contributed by atoms with van der Waals surface area (Å²) in [7, 11) is 0. The second-order valence-electron chi connectivity index (χ2n) is 5.34. The quantitative estimate of drug-likeness (QED) is 0.613. The van der Waals surface area contributed by atoms with Gasteiger partial charge in [0.15, 0.2) is 0 Å². The number of anilines is 1. The Morgan fingerprint density at radius 2 is 2.05 bits per heavy atom. The summed E-state index contributed by atoms with van der Waals surface area (Å²) >= 11 is 6.09. The van der Waals surface area contributed by atoms with E-state index in [2.05, 4.69) is 23.1 Å². The van der Waals surface area contributed by atoms with Gasteiger partial charge in [0, 0.05) is 12.1 Å². The fourth-order valence-corrected chi connectivity index (χ4v) is 1.83. The van der Waals surface area contributed by atoms with Gasteiger partial charge in [0.05, 0.1) is 0 Å². The highest BCUT2D eigenvalue weighted by atomic mass is 35.5. The summed E-state index contributed by atoms with van der Waals surface area (Å²) in [5.74, 6) is 0.407. The zero-order valence-corrected chi connectivity index (χ0v) is 13.4. The van der Waals surface area contributed by atoms with Gasteiger partial charge in [-0.3, -0.25) is 4.90 Å². The number of aromatic nitrogens is 2. The molecular formula is C15H20ClN3O2. The monoisotopic (exact) mass is 309 g/mol. The lowest BCUT2D eigenvalue weighted by molar-refractivity contribution is 0.0583. The van der Waals surface area contributed by atoms with Crippen LogP contribution in [0, 0.1) is 0 Å². The van der Waals surface area contributed by atoms with E-state index < -0.39 is 11.7 Å². The van der Waals surface area contributed by atoms with Crippen LogP contribution in [-0.4, -0.2) is 28.2 Å². The van der Waals surface area contributed by atoms with Gasteiger partial charge in [-0.05, 0) is 27.2 Å². The average molecular weight is 310 g/mol. The average Bonchev–Trinajstić information content (AvgIpc) is 2.37. The van der Waals surface area contributed by atoms with E-state index in [1.54, 1.807) is 32.9 Å². The Kier molecular flexibility index (Phi) is 5.90. The van der Waals surface area contributed by atoms with Crippen molar-refractivity contribution in [1.82, 2.24) is 9.97 Å². The summed E-state index contributed by atoms with van der Waals surface area (Å²) < 4.78 is 5.39. The maximum Gasteiger partial charge on any atom is 0.416 e. The number of ether oxygens (including phenoxy) is 1. The third-order valence-electron chi connectivity index (χ3n) is 2.40. The van der Waals surface area contributed by atoms with Crippen LogP contribution in [0.1, 0.15) is 26.3 Å². The van der Waals surface area contributed by atoms with Gasteiger partial charge in [-0.1, -0.05) is 23.8 Å². The molecule has 21 heavy (non-hydrogen) atoms. The van der Waals surface area contributed by atoms with E-state index in [4.69, 9.17) is 16.3 Å². The molecule has 0 aliphatic heterocycles. The van der Waals surface area contributed by atoms with Gasteiger partial charge in [-0.15, -0.1) is 13.2 Å². The third-order valence-corrected chi connectivity index (χ3v) is 2.73. The van der Waals surface area contributed by atoms with Crippen molar-refractivity contribution in [2.24, 2.45) is 0 Å². The second kappa shape index (κ2) is 7.22. The standard InChI is InChI=1S/C15H20ClN3O2/c1-6-8-11-12(16)17-10-18-13(11)19(9-7-2)14(20)21-15(3,4)5/h6-7,10H,1-2,8-9H2,3-5H3. The molecule has 0 aliphatic carbocycles. The van der Waals surface area contributed by atoms with Crippen LogP contribution < -0.4 is 4.90 Å². The molecule has 1 aromatic heterocycles. The Morgan fingerprint density at radius 1 is 1.38 bits per heavy atom. The van der Waals surface area contributed by atoms with Crippen LogP contribution >= 0.6 is 11.6 Å². The Labute approximate surface area is 130 Å². The zero-order valence-electron chi connectivity index (χ0n) is 12.6. The maximum atomic E-state index is 12.3. The molecule has 6 heteroatoms. The molecule has 0 spiro atoms. The fourth-order valence-electron chi connectivity index (χ4n) is 1.63. The minimum Gasteiger partial charge on any atom is -0.443 e. The van der Waals surface area contributed by atoms with Gasteiger partial charge in [-0.25, -0.2) is 14.8 Å². The number of amides is 1. The van der Waals surface area contributed by atoms with Crippen LogP contribution in [0.25, 0.3) is 0 Å². The minimum atomic E-state index is -0.605. The van der Waals surface area contributed by atoms with Crippen LogP contribution in [0.4, 0.5) is 10.6 Å². The van der Waals surface area contributed by atoms with E-state index in [1.165, 1.54) is 11.2 Å². The van der Waals surface area contributed by atoms with Crippen molar-refractivity contribution in [3.63, 3.8) is 0 Å². The molecule has 1 heterocycles. The molecule has 0 saturated carbocycles. The van der Waals surface area contributed by atoms with E-state index in [0.717, 1.165) is 0 Å². The first-order chi connectivity index (χ1) is 9.80. The molecule has 1 amide bonds. The number of halogens is 1. The number of carbonyl (C=O) groups excluding carboxylic acids is 1. The van der Waals surface area contributed by atoms with Crippen LogP contribution in [0.15, 0.2) is 31.6 Å². The molecule has 0 unspecified atom stereocenters. The smallest absolute Gasteiger partial charge is 0.416 e. The third kappa shape index (κ3) is 4.86. The molecule has 0 fully saturated rings. The summed E-state index contributed by atoms with van der Waals surface area (Å²) in [5, 5.41) is 0.289. The van der Waals surface area contributed by atoms with Gasteiger partial charge in [-0.2, -0.15) is 0 Å². The van der Waals surface area contributed by atoms with E-state index in [-0.39, 0.29) is 11.7 Å². The molecule has 0 bridgehead atoms. The van der Waals surface area contributed by atoms with E-state index in [9.17, 15) is 4.79 Å². The minimum absolute atomic E-state index is 0.256. The first-order valence-corrected chi connectivity index (χ1v) is 6.89. The van der Waals surface area contributed by atoms with Crippen molar-refractivity contribution in [1.29, 1.82) is 0 Å². The van der Waals surface area contributed by atoms with Crippen molar-refractivity contribution in [3.8, 4) is 0 Å². The molecule has 0 N–H and O–H groups in total. The molecule has 114 valence electrons. The Bertz CT molecular complexity index is 538. The van der Waals surface area contributed by atoms with Crippen molar-refractivity contribution >= 4 is 23.5 Å². The first-order valence-electron chi connectivity index (χ1n) is 6.51. The predicted molar refractivity (Wildman–Crippen MR) is 84.7 cm³/mol. The second-order valence-corrected chi connectivity index (χ2v) is 5.70. The Balaban J connectivity index is 3.22. The molecule has 0 aromatic carbocycles. The summed E-state index contributed by atoms with van der Waals surface area (Å²) in [6.45, 7) is 13.0. The van der Waals surface area contributed by atoms with E-state index >= 15 is 0 Å². The largest absolute Gasteiger partial charge is 0.443 e. The van der Waals surface area contributed by atoms with Crippen molar-refractivity contribution in [2.45, 2.75) is 32.8 Å². The van der Waals surface area contributed by atoms with Gasteiger partial charge in [0.1, 0.15) is 22.9 Å². The number of allylic oxidation sites excluding steroid dienone is 1. The van der Waals surface area contributed by atoms with Gasteiger partial charge in [0.25, 0.3) is 0 Å². The van der Waals surface area contributed by atoms with E-state index in [0.29, 0.717) is 17.8 Å². The van der Waals surface area contributed by atoms with Crippen molar-refractivity contribution in [2.75, 3.05) is 11.4 Å². The molecule has 0 saturated heterocycles. The Hall–Kier alpha value is -1.88. The summed E-state index contributed by atoms with van der Waals surface area (Å²) in [4.78, 5) is 21.8. The lowest BCUT2D eigenvalue weighted by Crippen LogP contribution is -2.38. The summed E-state index contributed by atoms with van der Waals surface area (Å²) in [6.07, 6.45) is 4.52. The molecule has 1 aromatic rings. The SMILES string of the molecule is C=CCc1c(Cl)ncnc1N(CC=C)C(=O)OC(C)(C)C. The normalized spacial score (nSPS) is 10.9. The molecule has 0 aliphatic rings. The van der Waals surface area contributed by atoms with Crippen LogP contribution in [0.3, 0.4) is 0 Å². The van der Waals surface area contributed by atoms with Crippen molar-refractivity contribution in [3.05, 3.63) is 42.4 Å². The predicted octanol–water partition coefficient (Wildman–Crippen LogP) is 3.79. The summed E-state index contributed by atoms with van der Waals surface area (Å²) in [5.41, 5.74) is 0.0215. The van der Waals surface area contributed by atoms with Crippen LogP contribution in [-0.2, 0) is 11.2 Å². The highest BCUT2D eigenvalue weighted by Crippen LogP contribution is 2.25. The van der Waals surface area contributed by atoms with Gasteiger partial charge >= 0.3 is 6.09 Å². The van der Waals surface area contributed by atoms with Crippen molar-refractivity contribution < 1.29 is 9.53 Å². The highest BCUT2D eigenvalue weighted by Gasteiger charge is 2.26. The van der Waals surface area contributed by atoms with Crippen LogP contribution in [0.2, 0.25) is 5.15 Å². The lowest BCUT2D eigenvalue weighted by atomic mass is 10.2. The van der Waals surface area contributed by atoms with Gasteiger partial charge < -0.3 is 4.74 Å². The number of carbonyl (C=O) groups is 1. The topological polar surface area (TPSA) is 55.3 Å². The first kappa shape index (κ1) is 17.2. The highest BCUT2D eigenvalue weighted by molar-refractivity contribution is 6.30. The maximum absolute atomic E-state index is 12.3. The van der Waals surface area contributed by atoms with E-state index in [1.807, 2.05) is 0 Å². The zero-order chi connectivity index (χ0) is 16.0. The number of nitrogens with zero attached hydrogens (tertiary/aromatic N) is 3. The molecular weight excluding hydrogens is 290 g/mol. The van der Waals surface area contributed by atoms with Gasteiger partial charge in [0.2, 0.25) is 0 Å². The van der Waals surface area contributed by atoms with Crippen LogP contribution in [0.5, 0.6) is 0 Å². The number of rotatable bonds is 5. The molecule has 5 nitrogen and oxygen atoms in total. The summed E-state index contributed by atoms with van der Waals surface area (Å²) in [6, 6.07) is 0. The number of hydrogen-bond donors (Lipinski definition) is 0. The lowest BCUT2D eigenvalue weighted by Gasteiger charge is -2.27.